The van der Waals surface area contributed by atoms with Crippen LogP contribution >= 0.6 is 0 Å². The maximum atomic E-state index is 11.4. The second-order valence-corrected chi connectivity index (χ2v) is 5.64. The predicted molar refractivity (Wildman–Crippen MR) is 76.0 cm³/mol. The highest BCUT2D eigenvalue weighted by molar-refractivity contribution is 5.98. The second kappa shape index (κ2) is 5.36. The first kappa shape index (κ1) is 14.7. The van der Waals surface area contributed by atoms with E-state index >= 15 is 0 Å². The molecule has 0 radical (unpaired) electrons. The Morgan fingerprint density at radius 1 is 1.35 bits per heavy atom. The van der Waals surface area contributed by atoms with Gasteiger partial charge in [0.05, 0.1) is 5.69 Å². The lowest BCUT2D eigenvalue weighted by molar-refractivity contribution is -0.0597. The first-order chi connectivity index (χ1) is 9.39. The van der Waals surface area contributed by atoms with Gasteiger partial charge in [0, 0.05) is 7.11 Å². The molecule has 1 fully saturated rings. The van der Waals surface area contributed by atoms with E-state index in [4.69, 9.17) is 16.2 Å². The maximum Gasteiger partial charge on any atom is 0.254 e. The number of carbonyl (C=O) groups excluding carboxylic acids is 1. The Labute approximate surface area is 118 Å². The van der Waals surface area contributed by atoms with Gasteiger partial charge in [0.1, 0.15) is 17.0 Å². The average molecular weight is 278 g/mol. The molecule has 1 heterocycles. The summed E-state index contributed by atoms with van der Waals surface area (Å²) in [6.45, 7) is 3.95. The van der Waals surface area contributed by atoms with Gasteiger partial charge in [0.25, 0.3) is 5.91 Å². The van der Waals surface area contributed by atoms with E-state index < -0.39 is 11.5 Å². The van der Waals surface area contributed by atoms with Crippen LogP contribution in [-0.4, -0.2) is 23.0 Å². The number of anilines is 1. The monoisotopic (exact) mass is 278 g/mol. The number of primary amides is 1. The Kier molecular flexibility index (Phi) is 3.94. The summed E-state index contributed by atoms with van der Waals surface area (Å²) in [5.74, 6) is 0.777. The van der Waals surface area contributed by atoms with E-state index in [2.05, 4.69) is 16.9 Å². The number of hydrogen-bond donors (Lipinski definition) is 2. The smallest absolute Gasteiger partial charge is 0.254 e. The van der Waals surface area contributed by atoms with Gasteiger partial charge in [-0.1, -0.05) is 6.92 Å². The number of ether oxygens (including phenoxy) is 1. The van der Waals surface area contributed by atoms with Crippen molar-refractivity contribution < 1.29 is 9.53 Å². The molecule has 0 aromatic carbocycles. The number of aromatic nitrogens is 2. The molecule has 0 bridgehead atoms. The Balaban J connectivity index is 2.44. The predicted octanol–water partition coefficient (Wildman–Crippen LogP) is 1.52. The highest BCUT2D eigenvalue weighted by Gasteiger charge is 2.39. The molecule has 1 aliphatic carbocycles. The molecule has 1 saturated carbocycles. The topological polar surface area (TPSA) is 104 Å². The Hall–Kier alpha value is -1.69. The van der Waals surface area contributed by atoms with Crippen LogP contribution in [0.25, 0.3) is 0 Å². The number of nitrogen functional groups attached to an aromatic ring is 1. The van der Waals surface area contributed by atoms with Gasteiger partial charge in [-0.3, -0.25) is 4.79 Å². The van der Waals surface area contributed by atoms with Crippen molar-refractivity contribution in [2.45, 2.75) is 45.1 Å². The fourth-order valence-electron chi connectivity index (χ4n) is 2.85. The lowest BCUT2D eigenvalue weighted by Crippen LogP contribution is -2.36. The zero-order chi connectivity index (χ0) is 14.9. The highest BCUT2D eigenvalue weighted by Crippen LogP contribution is 2.41. The lowest BCUT2D eigenvalue weighted by atomic mass is 9.79. The molecule has 6 nitrogen and oxygen atoms in total. The van der Waals surface area contributed by atoms with Crippen LogP contribution in [0, 0.1) is 12.8 Å². The quantitative estimate of drug-likeness (QED) is 0.872. The van der Waals surface area contributed by atoms with Crippen LogP contribution in [0.5, 0.6) is 0 Å². The van der Waals surface area contributed by atoms with Crippen molar-refractivity contribution in [2.24, 2.45) is 11.7 Å². The minimum absolute atomic E-state index is 0.134. The zero-order valence-corrected chi connectivity index (χ0v) is 12.3. The Morgan fingerprint density at radius 3 is 2.40 bits per heavy atom. The van der Waals surface area contributed by atoms with Gasteiger partial charge < -0.3 is 16.2 Å². The van der Waals surface area contributed by atoms with E-state index in [9.17, 15) is 4.79 Å². The normalized spacial score (nSPS) is 26.4. The van der Waals surface area contributed by atoms with Gasteiger partial charge in [-0.2, -0.15) is 0 Å². The highest BCUT2D eigenvalue weighted by atomic mass is 16.5. The summed E-state index contributed by atoms with van der Waals surface area (Å²) in [4.78, 5) is 20.1. The Bertz CT molecular complexity index is 499. The third kappa shape index (κ3) is 2.47. The fraction of sp³-hybridized carbons (Fsp3) is 0.643. The summed E-state index contributed by atoms with van der Waals surface area (Å²) in [6.07, 6.45) is 3.85. The number of aryl methyl sites for hydroxylation is 1. The molecule has 0 saturated heterocycles. The first-order valence-corrected chi connectivity index (χ1v) is 6.89. The van der Waals surface area contributed by atoms with Crippen LogP contribution in [-0.2, 0) is 10.3 Å². The van der Waals surface area contributed by atoms with Gasteiger partial charge in [0.15, 0.2) is 5.82 Å². The lowest BCUT2D eigenvalue weighted by Gasteiger charge is -2.37. The van der Waals surface area contributed by atoms with Gasteiger partial charge in [-0.15, -0.1) is 0 Å². The van der Waals surface area contributed by atoms with Gasteiger partial charge in [0.2, 0.25) is 0 Å². The zero-order valence-electron chi connectivity index (χ0n) is 12.3. The number of nitrogens with zero attached hydrogens (tertiary/aromatic N) is 2. The van der Waals surface area contributed by atoms with Crippen LogP contribution in [0.4, 0.5) is 5.82 Å². The molecule has 6 heteroatoms. The minimum Gasteiger partial charge on any atom is -0.383 e. The first-order valence-electron chi connectivity index (χ1n) is 6.89. The van der Waals surface area contributed by atoms with Crippen LogP contribution < -0.4 is 11.5 Å². The molecular weight excluding hydrogens is 256 g/mol. The van der Waals surface area contributed by atoms with Gasteiger partial charge >= 0.3 is 0 Å². The molecule has 0 atom stereocenters. The number of carbonyl (C=O) groups is 1. The number of nitrogens with two attached hydrogens (primary N) is 2. The van der Waals surface area contributed by atoms with E-state index in [-0.39, 0.29) is 11.4 Å². The third-order valence-corrected chi connectivity index (χ3v) is 4.24. The molecule has 1 aromatic heterocycles. The molecule has 0 unspecified atom stereocenters. The van der Waals surface area contributed by atoms with Crippen molar-refractivity contribution in [3.05, 3.63) is 17.1 Å². The summed E-state index contributed by atoms with van der Waals surface area (Å²) in [5, 5.41) is 0. The Morgan fingerprint density at radius 2 is 1.95 bits per heavy atom. The number of hydrogen-bond acceptors (Lipinski definition) is 5. The summed E-state index contributed by atoms with van der Waals surface area (Å²) in [6, 6.07) is 0. The molecular formula is C14H22N4O2. The van der Waals surface area contributed by atoms with E-state index in [0.717, 1.165) is 25.7 Å². The second-order valence-electron chi connectivity index (χ2n) is 5.64. The molecule has 20 heavy (non-hydrogen) atoms. The standard InChI is InChI=1S/C14H22N4O2/c1-8-4-6-14(20-3,7-5-8)13-17-9(2)10(12(16)19)11(15)18-13/h8H,4-7H2,1-3H3,(H2,16,19)(H2,15,17,18). The molecule has 1 aromatic rings. The van der Waals surface area contributed by atoms with E-state index in [1.807, 2.05) is 0 Å². The SMILES string of the molecule is COC1(c2nc(C)c(C(N)=O)c(N)n2)CCC(C)CC1. The van der Waals surface area contributed by atoms with E-state index in [0.29, 0.717) is 17.4 Å². The number of methoxy groups -OCH3 is 1. The van der Waals surface area contributed by atoms with Crippen LogP contribution in [0.15, 0.2) is 0 Å². The van der Waals surface area contributed by atoms with Crippen molar-refractivity contribution in [2.75, 3.05) is 12.8 Å². The van der Waals surface area contributed by atoms with Crippen molar-refractivity contribution in [3.8, 4) is 0 Å². The maximum absolute atomic E-state index is 11.4. The van der Waals surface area contributed by atoms with E-state index in [1.165, 1.54) is 0 Å². The average Bonchev–Trinajstić information content (AvgIpc) is 2.38. The number of amides is 1. The van der Waals surface area contributed by atoms with Gasteiger partial charge in [-0.05, 0) is 38.5 Å². The van der Waals surface area contributed by atoms with Crippen molar-refractivity contribution in [1.82, 2.24) is 9.97 Å². The molecule has 0 spiro atoms. The summed E-state index contributed by atoms with van der Waals surface area (Å²) in [7, 11) is 1.67. The fourth-order valence-corrected chi connectivity index (χ4v) is 2.85. The van der Waals surface area contributed by atoms with Crippen molar-refractivity contribution >= 4 is 11.7 Å². The molecule has 110 valence electrons. The van der Waals surface area contributed by atoms with Crippen molar-refractivity contribution in [3.63, 3.8) is 0 Å². The molecule has 1 aliphatic rings. The third-order valence-electron chi connectivity index (χ3n) is 4.24. The van der Waals surface area contributed by atoms with E-state index in [1.54, 1.807) is 14.0 Å². The van der Waals surface area contributed by atoms with Crippen LogP contribution in [0.3, 0.4) is 0 Å². The van der Waals surface area contributed by atoms with Gasteiger partial charge in [-0.25, -0.2) is 9.97 Å². The van der Waals surface area contributed by atoms with Crippen molar-refractivity contribution in [1.29, 1.82) is 0 Å². The summed E-state index contributed by atoms with van der Waals surface area (Å²) >= 11 is 0. The largest absolute Gasteiger partial charge is 0.383 e. The minimum atomic E-state index is -0.602. The molecule has 2 rings (SSSR count). The molecule has 0 aliphatic heterocycles. The molecule has 4 N–H and O–H groups in total. The summed E-state index contributed by atoms with van der Waals surface area (Å²) < 4.78 is 5.73. The summed E-state index contributed by atoms with van der Waals surface area (Å²) in [5.41, 5.74) is 11.4. The van der Waals surface area contributed by atoms with Crippen LogP contribution in [0.2, 0.25) is 0 Å². The molecule has 1 amide bonds. The number of rotatable bonds is 3. The van der Waals surface area contributed by atoms with Crippen LogP contribution in [0.1, 0.15) is 54.5 Å².